The molecule has 162 valence electrons. The highest BCUT2D eigenvalue weighted by Gasteiger charge is 2.20. The van der Waals surface area contributed by atoms with Crippen LogP contribution < -0.4 is 5.32 Å². The lowest BCUT2D eigenvalue weighted by molar-refractivity contribution is -0.118. The van der Waals surface area contributed by atoms with Crippen LogP contribution in [0.5, 0.6) is 0 Å². The molecule has 0 atom stereocenters. The number of nitrogens with one attached hydrogen (secondary N) is 1. The second-order valence-electron chi connectivity index (χ2n) is 7.65. The van der Waals surface area contributed by atoms with Gasteiger partial charge in [0.2, 0.25) is 5.91 Å². The molecule has 0 aliphatic heterocycles. The summed E-state index contributed by atoms with van der Waals surface area (Å²) in [6, 6.07) is 22.0. The smallest absolute Gasteiger partial charge is 0.230 e. The van der Waals surface area contributed by atoms with Gasteiger partial charge in [0, 0.05) is 24.5 Å². The molecule has 4 rings (SSSR count). The zero-order valence-electron chi connectivity index (χ0n) is 18.1. The highest BCUT2D eigenvalue weighted by Crippen LogP contribution is 2.31. The van der Waals surface area contributed by atoms with E-state index in [-0.39, 0.29) is 11.7 Å². The summed E-state index contributed by atoms with van der Waals surface area (Å²) >= 11 is 1.38. The van der Waals surface area contributed by atoms with E-state index < -0.39 is 0 Å². The molecule has 2 aromatic carbocycles. The topological polar surface area (TPSA) is 72.7 Å². The largest absolute Gasteiger partial charge is 0.351 e. The molecule has 0 saturated heterocycles. The number of amides is 1. The summed E-state index contributed by atoms with van der Waals surface area (Å²) in [6.07, 6.45) is 3.51. The minimum Gasteiger partial charge on any atom is -0.351 e. The Bertz CT molecular complexity index is 1180. The summed E-state index contributed by atoms with van der Waals surface area (Å²) in [7, 11) is 0. The molecular weight excluding hydrogens is 418 g/mol. The monoisotopic (exact) mass is 443 g/mol. The van der Waals surface area contributed by atoms with Crippen molar-refractivity contribution in [3.63, 3.8) is 0 Å². The highest BCUT2D eigenvalue weighted by molar-refractivity contribution is 7.99. The Morgan fingerprint density at radius 3 is 2.53 bits per heavy atom. The van der Waals surface area contributed by atoms with Gasteiger partial charge in [0.15, 0.2) is 11.0 Å². The van der Waals surface area contributed by atoms with E-state index >= 15 is 0 Å². The predicted molar refractivity (Wildman–Crippen MR) is 128 cm³/mol. The first-order valence-electron chi connectivity index (χ1n) is 10.5. The number of rotatable bonds is 8. The summed E-state index contributed by atoms with van der Waals surface area (Å²) in [5, 5.41) is 12.5. The molecular formula is C25H25N5OS. The van der Waals surface area contributed by atoms with Crippen molar-refractivity contribution in [1.29, 1.82) is 0 Å². The van der Waals surface area contributed by atoms with E-state index in [4.69, 9.17) is 0 Å². The van der Waals surface area contributed by atoms with Crippen molar-refractivity contribution in [2.75, 3.05) is 5.75 Å². The molecule has 0 spiro atoms. The third kappa shape index (κ3) is 5.06. The maximum absolute atomic E-state index is 12.5. The SMILES string of the molecule is CC(C)c1ccccc1-n1c(SCC(=O)NCc2ccccc2)nnc1-c1cccnc1. The Morgan fingerprint density at radius 2 is 1.78 bits per heavy atom. The Balaban J connectivity index is 1.60. The van der Waals surface area contributed by atoms with Crippen LogP contribution >= 0.6 is 11.8 Å². The lowest BCUT2D eigenvalue weighted by Crippen LogP contribution is -2.24. The molecule has 2 heterocycles. The molecule has 0 radical (unpaired) electrons. The Morgan fingerprint density at radius 1 is 1.00 bits per heavy atom. The molecule has 4 aromatic rings. The number of hydrogen-bond donors (Lipinski definition) is 1. The van der Waals surface area contributed by atoms with E-state index in [1.54, 1.807) is 12.4 Å². The average molecular weight is 444 g/mol. The first-order chi connectivity index (χ1) is 15.6. The molecule has 32 heavy (non-hydrogen) atoms. The standard InChI is InChI=1S/C25H25N5OS/c1-18(2)21-12-6-7-13-22(21)30-24(20-11-8-14-26-16-20)28-29-25(30)32-17-23(31)27-15-19-9-4-3-5-10-19/h3-14,16,18H,15,17H2,1-2H3,(H,27,31). The molecule has 6 nitrogen and oxygen atoms in total. The number of carbonyl (C=O) groups is 1. The van der Waals surface area contributed by atoms with Crippen LogP contribution in [0.3, 0.4) is 0 Å². The van der Waals surface area contributed by atoms with Gasteiger partial charge in [-0.2, -0.15) is 0 Å². The summed E-state index contributed by atoms with van der Waals surface area (Å²) in [6.45, 7) is 4.83. The van der Waals surface area contributed by atoms with E-state index in [0.717, 1.165) is 16.8 Å². The fraction of sp³-hybridized carbons (Fsp3) is 0.200. The van der Waals surface area contributed by atoms with E-state index in [2.05, 4.69) is 46.5 Å². The number of nitrogens with zero attached hydrogens (tertiary/aromatic N) is 4. The van der Waals surface area contributed by atoms with Gasteiger partial charge in [-0.3, -0.25) is 14.3 Å². The van der Waals surface area contributed by atoms with Gasteiger partial charge in [-0.15, -0.1) is 10.2 Å². The maximum atomic E-state index is 12.5. The van der Waals surface area contributed by atoms with Gasteiger partial charge < -0.3 is 5.32 Å². The number of para-hydroxylation sites is 1. The van der Waals surface area contributed by atoms with Crippen LogP contribution in [0.25, 0.3) is 17.1 Å². The first kappa shape index (κ1) is 21.8. The van der Waals surface area contributed by atoms with Gasteiger partial charge in [-0.05, 0) is 35.2 Å². The number of carbonyl (C=O) groups excluding carboxylic acids is 1. The summed E-state index contributed by atoms with van der Waals surface area (Å²) < 4.78 is 2.03. The van der Waals surface area contributed by atoms with Gasteiger partial charge in [0.25, 0.3) is 0 Å². The molecule has 2 aromatic heterocycles. The second kappa shape index (κ2) is 10.2. The first-order valence-corrected chi connectivity index (χ1v) is 11.5. The number of benzene rings is 2. The molecule has 0 aliphatic carbocycles. The molecule has 0 unspecified atom stereocenters. The van der Waals surface area contributed by atoms with Gasteiger partial charge in [-0.1, -0.05) is 74.1 Å². The van der Waals surface area contributed by atoms with E-state index in [0.29, 0.717) is 23.4 Å². The van der Waals surface area contributed by atoms with Crippen LogP contribution in [0, 0.1) is 0 Å². The molecule has 0 fully saturated rings. The van der Waals surface area contributed by atoms with Gasteiger partial charge in [-0.25, -0.2) is 0 Å². The molecule has 7 heteroatoms. The zero-order valence-corrected chi connectivity index (χ0v) is 18.9. The molecule has 1 amide bonds. The summed E-state index contributed by atoms with van der Waals surface area (Å²) in [5.74, 6) is 1.23. The maximum Gasteiger partial charge on any atom is 0.230 e. The Hall–Kier alpha value is -3.45. The minimum atomic E-state index is -0.0477. The molecule has 0 saturated carbocycles. The highest BCUT2D eigenvalue weighted by atomic mass is 32.2. The van der Waals surface area contributed by atoms with Crippen LogP contribution in [0.1, 0.15) is 30.9 Å². The van der Waals surface area contributed by atoms with E-state index in [1.807, 2.05) is 59.2 Å². The Kier molecular flexibility index (Phi) is 6.97. The average Bonchev–Trinajstić information content (AvgIpc) is 3.26. The van der Waals surface area contributed by atoms with Crippen molar-refractivity contribution in [1.82, 2.24) is 25.1 Å². The molecule has 0 aliphatic rings. The Labute approximate surface area is 192 Å². The zero-order chi connectivity index (χ0) is 22.3. The second-order valence-corrected chi connectivity index (χ2v) is 8.59. The number of aromatic nitrogens is 4. The number of thioether (sulfide) groups is 1. The van der Waals surface area contributed by atoms with E-state index in [1.165, 1.54) is 17.3 Å². The van der Waals surface area contributed by atoms with Crippen molar-refractivity contribution in [2.45, 2.75) is 31.5 Å². The van der Waals surface area contributed by atoms with Crippen molar-refractivity contribution in [3.8, 4) is 17.1 Å². The summed E-state index contributed by atoms with van der Waals surface area (Å²) in [5.41, 5.74) is 4.14. The molecule has 1 N–H and O–H groups in total. The van der Waals surface area contributed by atoms with Crippen molar-refractivity contribution < 1.29 is 4.79 Å². The fourth-order valence-electron chi connectivity index (χ4n) is 3.42. The number of hydrogen-bond acceptors (Lipinski definition) is 5. The fourth-order valence-corrected chi connectivity index (χ4v) is 4.19. The predicted octanol–water partition coefficient (Wildman–Crippen LogP) is 4.86. The third-order valence-electron chi connectivity index (χ3n) is 5.02. The number of pyridine rings is 1. The van der Waals surface area contributed by atoms with Gasteiger partial charge in [0.05, 0.1) is 11.4 Å². The van der Waals surface area contributed by atoms with Crippen LogP contribution in [-0.4, -0.2) is 31.4 Å². The van der Waals surface area contributed by atoms with Crippen LogP contribution in [0.2, 0.25) is 0 Å². The van der Waals surface area contributed by atoms with Gasteiger partial charge in [0.1, 0.15) is 0 Å². The van der Waals surface area contributed by atoms with Crippen LogP contribution in [0.15, 0.2) is 84.3 Å². The normalized spacial score (nSPS) is 11.0. The van der Waals surface area contributed by atoms with Gasteiger partial charge >= 0.3 is 0 Å². The van der Waals surface area contributed by atoms with Crippen LogP contribution in [0.4, 0.5) is 0 Å². The minimum absolute atomic E-state index is 0.0477. The van der Waals surface area contributed by atoms with Crippen molar-refractivity contribution in [3.05, 3.63) is 90.3 Å². The third-order valence-corrected chi connectivity index (χ3v) is 5.95. The lowest BCUT2D eigenvalue weighted by atomic mass is 10.0. The quantitative estimate of drug-likeness (QED) is 0.394. The van der Waals surface area contributed by atoms with Crippen molar-refractivity contribution >= 4 is 17.7 Å². The summed E-state index contributed by atoms with van der Waals surface area (Å²) in [4.78, 5) is 16.7. The molecule has 0 bridgehead atoms. The van der Waals surface area contributed by atoms with E-state index in [9.17, 15) is 4.79 Å². The van der Waals surface area contributed by atoms with Crippen LogP contribution in [-0.2, 0) is 11.3 Å². The lowest BCUT2D eigenvalue weighted by Gasteiger charge is -2.16. The van der Waals surface area contributed by atoms with Crippen molar-refractivity contribution in [2.24, 2.45) is 0 Å².